The van der Waals surface area contributed by atoms with E-state index in [0.29, 0.717) is 52.4 Å². The molecule has 1 saturated heterocycles. The number of para-hydroxylation sites is 4. The summed E-state index contributed by atoms with van der Waals surface area (Å²) < 4.78 is 73.1. The van der Waals surface area contributed by atoms with E-state index in [2.05, 4.69) is 62.0 Å². The summed E-state index contributed by atoms with van der Waals surface area (Å²) in [5.74, 6) is 0.0342. The number of aryl methyl sites for hydroxylation is 2. The third kappa shape index (κ3) is 9.50. The second kappa shape index (κ2) is 17.1. The summed E-state index contributed by atoms with van der Waals surface area (Å²) in [4.78, 5) is 20.0. The van der Waals surface area contributed by atoms with E-state index in [1.165, 1.54) is 0 Å². The summed E-state index contributed by atoms with van der Waals surface area (Å²) in [7, 11) is -8.72. The number of carbonyl (C=O) groups is 1. The highest BCUT2D eigenvalue weighted by Gasteiger charge is 2.31. The summed E-state index contributed by atoms with van der Waals surface area (Å²) in [6.07, 6.45) is 10.3. The zero-order valence-corrected chi connectivity index (χ0v) is 33.0. The van der Waals surface area contributed by atoms with Crippen molar-refractivity contribution in [2.75, 3.05) is 67.1 Å². The third-order valence-electron chi connectivity index (χ3n) is 10.4. The van der Waals surface area contributed by atoms with Gasteiger partial charge in [-0.1, -0.05) is 30.3 Å². The van der Waals surface area contributed by atoms with Crippen molar-refractivity contribution in [1.82, 2.24) is 14.4 Å². The van der Waals surface area contributed by atoms with E-state index in [4.69, 9.17) is 0 Å². The van der Waals surface area contributed by atoms with Crippen LogP contribution in [0.2, 0.25) is 0 Å². The minimum absolute atomic E-state index is 0.0133. The van der Waals surface area contributed by atoms with Gasteiger partial charge in [0.05, 0.1) is 51.2 Å². The van der Waals surface area contributed by atoms with Gasteiger partial charge in [0.15, 0.2) is 11.0 Å². The minimum atomic E-state index is -4.36. The lowest BCUT2D eigenvalue weighted by Crippen LogP contribution is -2.47. The second-order valence-corrected chi connectivity index (χ2v) is 17.0. The molecule has 0 bridgehead atoms. The number of aliphatic carboxylic acids is 1. The van der Waals surface area contributed by atoms with E-state index >= 15 is 0 Å². The average Bonchev–Trinajstić information content (AvgIpc) is 3.78. The Morgan fingerprint density at radius 1 is 0.818 bits per heavy atom. The highest BCUT2D eigenvalue weighted by molar-refractivity contribution is 7.85. The van der Waals surface area contributed by atoms with Crippen molar-refractivity contribution in [3.05, 3.63) is 95.2 Å². The maximum Gasteiger partial charge on any atom is 0.317 e. The number of fused-ring (bicyclic) bond motifs is 2. The van der Waals surface area contributed by atoms with Crippen LogP contribution in [-0.4, -0.2) is 109 Å². The van der Waals surface area contributed by atoms with Gasteiger partial charge in [0.2, 0.25) is 0 Å². The molecule has 55 heavy (non-hydrogen) atoms. The molecule has 0 saturated carbocycles. The molecule has 2 aliphatic heterocycles. The van der Waals surface area contributed by atoms with Crippen LogP contribution in [0.25, 0.3) is 17.1 Å². The van der Waals surface area contributed by atoms with Crippen LogP contribution < -0.4 is 14.4 Å². The van der Waals surface area contributed by atoms with E-state index < -0.39 is 37.7 Å². The average molecular weight is 794 g/mol. The Kier molecular flexibility index (Phi) is 12.5. The van der Waals surface area contributed by atoms with Gasteiger partial charge in [0, 0.05) is 62.5 Å². The van der Waals surface area contributed by atoms with E-state index in [0.717, 1.165) is 63.7 Å². The number of carboxylic acids is 1. The molecule has 16 heteroatoms. The Morgan fingerprint density at radius 2 is 1.47 bits per heavy atom. The summed E-state index contributed by atoms with van der Waals surface area (Å²) >= 11 is 0. The zero-order chi connectivity index (χ0) is 39.3. The molecule has 1 fully saturated rings. The van der Waals surface area contributed by atoms with Crippen LogP contribution in [0.1, 0.15) is 45.4 Å². The molecule has 2 aromatic carbocycles. The number of nitrogens with zero attached hydrogens (tertiary/aromatic N) is 6. The number of rotatable bonds is 16. The van der Waals surface area contributed by atoms with Crippen molar-refractivity contribution in [2.24, 2.45) is 0 Å². The Balaban J connectivity index is 1.40. The van der Waals surface area contributed by atoms with Crippen molar-refractivity contribution in [3.8, 4) is 0 Å². The quantitative estimate of drug-likeness (QED) is 0.165. The van der Waals surface area contributed by atoms with Gasteiger partial charge in [0.25, 0.3) is 5.82 Å². The first-order valence-electron chi connectivity index (χ1n) is 18.8. The molecule has 3 aliphatic rings. The fraction of sp³-hybridized carbons (Fsp3) is 0.436. The van der Waals surface area contributed by atoms with Crippen molar-refractivity contribution >= 4 is 54.7 Å². The first-order valence-corrected chi connectivity index (χ1v) is 22.0. The standard InChI is InChI=1S/C39H50N6O8S2/c1-3-42-32-11-5-7-13-34(32)44(21-9-27-54(48,49)50)36(42)19-17-30-15-16-31(39(30)41-25-23-40(24-26-41)29-38(46)47)18-20-37-43(4-2)33-12-6-8-14-35(33)45(37)22-10-28-55(51,52)53/h5-8,11-14,17-20H,3-4,9-10,15-16,21-29H2,1-2H3,(H2-,46,47,48,49,50,51,52,53)/p-1. The summed E-state index contributed by atoms with van der Waals surface area (Å²) in [5, 5.41) is 9.42. The van der Waals surface area contributed by atoms with Gasteiger partial charge in [0.1, 0.15) is 5.82 Å². The normalized spacial score (nSPS) is 18.6. The van der Waals surface area contributed by atoms with Gasteiger partial charge < -0.3 is 28.9 Å². The highest BCUT2D eigenvalue weighted by Crippen LogP contribution is 2.42. The molecule has 0 atom stereocenters. The molecule has 0 amide bonds. The van der Waals surface area contributed by atoms with E-state index in [1.807, 2.05) is 53.4 Å². The monoisotopic (exact) mass is 793 g/mol. The van der Waals surface area contributed by atoms with Crippen LogP contribution in [0.5, 0.6) is 0 Å². The van der Waals surface area contributed by atoms with Crippen molar-refractivity contribution in [3.63, 3.8) is 0 Å². The lowest BCUT2D eigenvalue weighted by atomic mass is 10.1. The first-order chi connectivity index (χ1) is 26.3. The Labute approximate surface area is 323 Å². The molecule has 0 spiro atoms. The fourth-order valence-corrected chi connectivity index (χ4v) is 9.00. The molecule has 14 nitrogen and oxygen atoms in total. The molecule has 296 valence electrons. The molecule has 1 aromatic heterocycles. The number of hydrogen-bond acceptors (Lipinski definition) is 11. The number of benzene rings is 2. The van der Waals surface area contributed by atoms with Crippen LogP contribution >= 0.6 is 0 Å². The lowest BCUT2D eigenvalue weighted by molar-refractivity contribution is -0.673. The number of piperazine rings is 1. The molecule has 0 unspecified atom stereocenters. The van der Waals surface area contributed by atoms with Gasteiger partial charge in [-0.05, 0) is 87.1 Å². The number of aromatic nitrogens is 2. The number of anilines is 2. The molecule has 1 N–H and O–H groups in total. The maximum absolute atomic E-state index is 11.5. The van der Waals surface area contributed by atoms with Crippen LogP contribution in [0.3, 0.4) is 0 Å². The van der Waals surface area contributed by atoms with Gasteiger partial charge in [-0.25, -0.2) is 26.0 Å². The maximum atomic E-state index is 11.5. The van der Waals surface area contributed by atoms with Gasteiger partial charge >= 0.3 is 5.97 Å². The highest BCUT2D eigenvalue weighted by atomic mass is 32.2. The van der Waals surface area contributed by atoms with Crippen molar-refractivity contribution < 1.29 is 40.4 Å². The predicted molar refractivity (Wildman–Crippen MR) is 210 cm³/mol. The van der Waals surface area contributed by atoms with Crippen molar-refractivity contribution in [2.45, 2.75) is 52.6 Å². The predicted octanol–water partition coefficient (Wildman–Crippen LogP) is 3.70. The van der Waals surface area contributed by atoms with Gasteiger partial charge in [-0.15, -0.1) is 0 Å². The van der Waals surface area contributed by atoms with Crippen LogP contribution in [0, 0.1) is 0 Å². The van der Waals surface area contributed by atoms with E-state index in [9.17, 15) is 35.8 Å². The number of hydrogen-bond donors (Lipinski definition) is 1. The van der Waals surface area contributed by atoms with E-state index in [-0.39, 0.29) is 19.4 Å². The SMILES string of the molecule is CCN1/C(=C/C=C2\CCC(/C=C/c3n(CC)c4ccccc4[n+]3CCCS(=O)(=O)[O-])=C2N2CCN(CC(=O)O)CC2)N(CCCS(=O)(=O)[O-])c2ccccc21. The fourth-order valence-electron chi connectivity index (χ4n) is 8.03. The zero-order valence-electron chi connectivity index (χ0n) is 31.3. The third-order valence-corrected chi connectivity index (χ3v) is 12.0. The summed E-state index contributed by atoms with van der Waals surface area (Å²) in [6.45, 7) is 8.68. The second-order valence-electron chi connectivity index (χ2n) is 13.9. The molecule has 3 heterocycles. The smallest absolute Gasteiger partial charge is 0.317 e. The molecular weight excluding hydrogens is 745 g/mol. The lowest BCUT2D eigenvalue weighted by Gasteiger charge is -2.37. The van der Waals surface area contributed by atoms with E-state index in [1.54, 1.807) is 0 Å². The molecule has 6 rings (SSSR count). The molecule has 1 aliphatic carbocycles. The topological polar surface area (TPSA) is 173 Å². The van der Waals surface area contributed by atoms with Crippen LogP contribution in [0.15, 0.2) is 89.4 Å². The Bertz CT molecular complexity index is 2250. The molecule has 0 radical (unpaired) electrons. The first kappa shape index (κ1) is 40.2. The number of allylic oxidation sites excluding steroid dienone is 5. The molecular formula is C39H49N6O8S2-. The summed E-state index contributed by atoms with van der Waals surface area (Å²) in [6, 6.07) is 15.9. The molecule has 3 aromatic rings. The number of carboxylic acid groups (broad SMARTS) is 1. The van der Waals surface area contributed by atoms with Crippen LogP contribution in [-0.2, 0) is 38.1 Å². The Hall–Kier alpha value is -4.48. The van der Waals surface area contributed by atoms with Gasteiger partial charge in [-0.2, -0.15) is 0 Å². The van der Waals surface area contributed by atoms with Crippen LogP contribution in [0.4, 0.5) is 11.4 Å². The largest absolute Gasteiger partial charge is 0.748 e. The number of imidazole rings is 1. The van der Waals surface area contributed by atoms with Crippen molar-refractivity contribution in [1.29, 1.82) is 0 Å². The summed E-state index contributed by atoms with van der Waals surface area (Å²) in [5.41, 5.74) is 7.25. The van der Waals surface area contributed by atoms with Gasteiger partial charge in [-0.3, -0.25) is 9.69 Å². The Morgan fingerprint density at radius 3 is 2.13 bits per heavy atom. The minimum Gasteiger partial charge on any atom is -0.748 e.